The Morgan fingerprint density at radius 1 is 1.27 bits per heavy atom. The van der Waals surface area contributed by atoms with Crippen LogP contribution >= 0.6 is 11.3 Å². The summed E-state index contributed by atoms with van der Waals surface area (Å²) in [7, 11) is 0. The van der Waals surface area contributed by atoms with Gasteiger partial charge in [-0.3, -0.25) is 0 Å². The van der Waals surface area contributed by atoms with Gasteiger partial charge in [0, 0.05) is 18.0 Å². The molecule has 2 rings (SSSR count). The molecule has 1 atom stereocenters. The van der Waals surface area contributed by atoms with Crippen molar-refractivity contribution in [3.05, 3.63) is 51.5 Å². The average Bonchev–Trinajstić information content (AvgIpc) is 2.96. The van der Waals surface area contributed by atoms with E-state index in [9.17, 15) is 5.11 Å². The van der Waals surface area contributed by atoms with Crippen molar-refractivity contribution in [1.82, 2.24) is 15.6 Å². The van der Waals surface area contributed by atoms with Crippen molar-refractivity contribution in [2.45, 2.75) is 40.0 Å². The first-order valence-corrected chi connectivity index (χ1v) is 9.65. The quantitative estimate of drug-likeness (QED) is 0.463. The van der Waals surface area contributed by atoms with Crippen molar-refractivity contribution in [2.75, 3.05) is 19.7 Å². The summed E-state index contributed by atoms with van der Waals surface area (Å²) in [6.07, 6.45) is -0.605. The number of benzene rings is 1. The summed E-state index contributed by atoms with van der Waals surface area (Å²) >= 11 is 1.66. The Kier molecular flexibility index (Phi) is 8.53. The molecule has 0 fully saturated rings. The molecular weight excluding hydrogens is 348 g/mol. The molecular formula is C19H28N4O2S. The largest absolute Gasteiger partial charge is 0.389 e. The molecule has 26 heavy (non-hydrogen) atoms. The highest BCUT2D eigenvalue weighted by Gasteiger charge is 2.07. The molecule has 1 unspecified atom stereocenters. The summed E-state index contributed by atoms with van der Waals surface area (Å²) in [5.74, 6) is 0.667. The van der Waals surface area contributed by atoms with Crippen LogP contribution in [-0.2, 0) is 17.9 Å². The molecule has 0 saturated heterocycles. The molecule has 0 saturated carbocycles. The van der Waals surface area contributed by atoms with Crippen molar-refractivity contribution < 1.29 is 9.84 Å². The minimum absolute atomic E-state index is 0.270. The van der Waals surface area contributed by atoms with Crippen LogP contribution in [0.2, 0.25) is 0 Å². The minimum atomic E-state index is -0.605. The highest BCUT2D eigenvalue weighted by molar-refractivity contribution is 7.11. The maximum Gasteiger partial charge on any atom is 0.191 e. The van der Waals surface area contributed by atoms with E-state index < -0.39 is 6.10 Å². The molecule has 0 radical (unpaired) electrons. The number of hydrogen-bond acceptors (Lipinski definition) is 5. The molecule has 2 aromatic rings. The van der Waals surface area contributed by atoms with Crippen LogP contribution < -0.4 is 10.6 Å². The molecule has 0 bridgehead atoms. The van der Waals surface area contributed by atoms with Gasteiger partial charge in [0.05, 0.1) is 31.6 Å². The SMILES string of the molecule is CCNC(=NCc1nc(C)c(C)s1)NCC(O)COCc1ccccc1. The highest BCUT2D eigenvalue weighted by Crippen LogP contribution is 2.16. The molecule has 142 valence electrons. The fraction of sp³-hybridized carbons (Fsp3) is 0.474. The van der Waals surface area contributed by atoms with E-state index in [2.05, 4.69) is 27.5 Å². The molecule has 0 aliphatic carbocycles. The van der Waals surface area contributed by atoms with Gasteiger partial charge in [0.25, 0.3) is 0 Å². The number of aliphatic hydroxyl groups is 1. The second kappa shape index (κ2) is 10.9. The highest BCUT2D eigenvalue weighted by atomic mass is 32.1. The molecule has 0 amide bonds. The number of aliphatic imine (C=N–C) groups is 1. The first kappa shape index (κ1) is 20.4. The third-order valence-electron chi connectivity index (χ3n) is 3.72. The number of hydrogen-bond donors (Lipinski definition) is 3. The van der Waals surface area contributed by atoms with Gasteiger partial charge in [0.1, 0.15) is 5.01 Å². The monoisotopic (exact) mass is 376 g/mol. The predicted octanol–water partition coefficient (Wildman–Crippen LogP) is 2.39. The van der Waals surface area contributed by atoms with E-state index in [1.807, 2.05) is 44.2 Å². The van der Waals surface area contributed by atoms with Crippen LogP contribution in [0.1, 0.15) is 28.1 Å². The van der Waals surface area contributed by atoms with Gasteiger partial charge in [-0.25, -0.2) is 9.98 Å². The summed E-state index contributed by atoms with van der Waals surface area (Å²) in [4.78, 5) is 10.2. The van der Waals surface area contributed by atoms with E-state index in [0.29, 0.717) is 25.7 Å². The lowest BCUT2D eigenvalue weighted by Crippen LogP contribution is -2.42. The van der Waals surface area contributed by atoms with Crippen molar-refractivity contribution >= 4 is 17.3 Å². The number of guanidine groups is 1. The molecule has 1 aromatic carbocycles. The zero-order valence-electron chi connectivity index (χ0n) is 15.7. The van der Waals surface area contributed by atoms with Crippen LogP contribution in [0.3, 0.4) is 0 Å². The van der Waals surface area contributed by atoms with Crippen LogP contribution in [0.25, 0.3) is 0 Å². The van der Waals surface area contributed by atoms with Crippen LogP contribution in [0.5, 0.6) is 0 Å². The minimum Gasteiger partial charge on any atom is -0.389 e. The molecule has 1 heterocycles. The fourth-order valence-corrected chi connectivity index (χ4v) is 3.11. The van der Waals surface area contributed by atoms with Crippen molar-refractivity contribution in [3.63, 3.8) is 0 Å². The summed E-state index contributed by atoms with van der Waals surface area (Å²) in [6.45, 7) is 8.49. The number of aryl methyl sites for hydroxylation is 2. The zero-order chi connectivity index (χ0) is 18.8. The summed E-state index contributed by atoms with van der Waals surface area (Å²) in [5.41, 5.74) is 2.15. The van der Waals surface area contributed by atoms with Crippen LogP contribution in [0, 0.1) is 13.8 Å². The Bertz CT molecular complexity index is 669. The van der Waals surface area contributed by atoms with Crippen molar-refractivity contribution in [2.24, 2.45) is 4.99 Å². The van der Waals surface area contributed by atoms with Crippen molar-refractivity contribution in [3.8, 4) is 0 Å². The molecule has 1 aromatic heterocycles. The van der Waals surface area contributed by atoms with Gasteiger partial charge in [-0.1, -0.05) is 30.3 Å². The van der Waals surface area contributed by atoms with Gasteiger partial charge in [-0.15, -0.1) is 11.3 Å². The van der Waals surface area contributed by atoms with Gasteiger partial charge in [0.15, 0.2) is 5.96 Å². The number of rotatable bonds is 9. The summed E-state index contributed by atoms with van der Waals surface area (Å²) in [6, 6.07) is 9.92. The van der Waals surface area contributed by atoms with E-state index in [1.54, 1.807) is 11.3 Å². The Labute approximate surface area is 159 Å². The number of ether oxygens (including phenoxy) is 1. The Morgan fingerprint density at radius 2 is 2.04 bits per heavy atom. The molecule has 0 spiro atoms. The molecule has 3 N–H and O–H groups in total. The topological polar surface area (TPSA) is 78.8 Å². The van der Waals surface area contributed by atoms with Gasteiger partial charge in [-0.05, 0) is 26.3 Å². The first-order valence-electron chi connectivity index (χ1n) is 8.83. The number of aromatic nitrogens is 1. The van der Waals surface area contributed by atoms with Crippen LogP contribution in [0.4, 0.5) is 0 Å². The maximum atomic E-state index is 10.1. The lowest BCUT2D eigenvalue weighted by molar-refractivity contribution is 0.0308. The van der Waals surface area contributed by atoms with Crippen LogP contribution in [-0.4, -0.2) is 41.9 Å². The lowest BCUT2D eigenvalue weighted by Gasteiger charge is -2.15. The Balaban J connectivity index is 1.74. The van der Waals surface area contributed by atoms with E-state index in [-0.39, 0.29) is 6.61 Å². The number of aliphatic hydroxyl groups excluding tert-OH is 1. The summed E-state index contributed by atoms with van der Waals surface area (Å²) in [5, 5.41) is 17.4. The zero-order valence-corrected chi connectivity index (χ0v) is 16.5. The second-order valence-corrected chi connectivity index (χ2v) is 7.27. The van der Waals surface area contributed by atoms with Gasteiger partial charge in [0.2, 0.25) is 0 Å². The smallest absolute Gasteiger partial charge is 0.191 e. The third-order valence-corrected chi connectivity index (χ3v) is 4.77. The normalized spacial score (nSPS) is 12.8. The fourth-order valence-electron chi connectivity index (χ4n) is 2.26. The molecule has 0 aliphatic heterocycles. The van der Waals surface area contributed by atoms with Gasteiger partial charge < -0.3 is 20.5 Å². The molecule has 0 aliphatic rings. The van der Waals surface area contributed by atoms with E-state index >= 15 is 0 Å². The van der Waals surface area contributed by atoms with Crippen molar-refractivity contribution in [1.29, 1.82) is 0 Å². The Morgan fingerprint density at radius 3 is 2.69 bits per heavy atom. The maximum absolute atomic E-state index is 10.1. The molecule has 7 heteroatoms. The predicted molar refractivity (Wildman–Crippen MR) is 107 cm³/mol. The van der Waals surface area contributed by atoms with Gasteiger partial charge >= 0.3 is 0 Å². The van der Waals surface area contributed by atoms with E-state index in [0.717, 1.165) is 22.8 Å². The number of nitrogens with one attached hydrogen (secondary N) is 2. The van der Waals surface area contributed by atoms with E-state index in [1.165, 1.54) is 4.88 Å². The number of thiazole rings is 1. The lowest BCUT2D eigenvalue weighted by atomic mass is 10.2. The van der Waals surface area contributed by atoms with Crippen LogP contribution in [0.15, 0.2) is 35.3 Å². The second-order valence-electron chi connectivity index (χ2n) is 5.98. The van der Waals surface area contributed by atoms with Gasteiger partial charge in [-0.2, -0.15) is 0 Å². The summed E-state index contributed by atoms with van der Waals surface area (Å²) < 4.78 is 5.56. The third kappa shape index (κ3) is 7.11. The average molecular weight is 377 g/mol. The van der Waals surface area contributed by atoms with E-state index in [4.69, 9.17) is 4.74 Å². The number of nitrogens with zero attached hydrogens (tertiary/aromatic N) is 2. The standard InChI is InChI=1S/C19H28N4O2S/c1-4-20-19(22-11-18-23-14(2)15(3)26-18)21-10-17(24)13-25-12-16-8-6-5-7-9-16/h5-9,17,24H,4,10-13H2,1-3H3,(H2,20,21,22). The molecule has 6 nitrogen and oxygen atoms in total. The first-order chi connectivity index (χ1) is 12.6. The Hall–Kier alpha value is -1.96.